The highest BCUT2D eigenvalue weighted by Gasteiger charge is 2.19. The van der Waals surface area contributed by atoms with Crippen molar-refractivity contribution in [3.05, 3.63) is 62.8 Å². The highest BCUT2D eigenvalue weighted by molar-refractivity contribution is 7.13. The van der Waals surface area contributed by atoms with Gasteiger partial charge in [-0.25, -0.2) is 4.98 Å². The third kappa shape index (κ3) is 5.63. The van der Waals surface area contributed by atoms with Gasteiger partial charge in [-0.05, 0) is 23.6 Å². The Morgan fingerprint density at radius 2 is 2.00 bits per heavy atom. The summed E-state index contributed by atoms with van der Waals surface area (Å²) < 4.78 is 5.34. The van der Waals surface area contributed by atoms with Crippen LogP contribution in [0.25, 0.3) is 10.6 Å². The van der Waals surface area contributed by atoms with Crippen molar-refractivity contribution in [3.63, 3.8) is 0 Å². The predicted octanol–water partition coefficient (Wildman–Crippen LogP) is 4.84. The van der Waals surface area contributed by atoms with Gasteiger partial charge in [0.1, 0.15) is 11.6 Å². The van der Waals surface area contributed by atoms with Gasteiger partial charge in [-0.1, -0.05) is 29.8 Å². The van der Waals surface area contributed by atoms with Gasteiger partial charge in [-0.15, -0.1) is 22.7 Å². The van der Waals surface area contributed by atoms with Crippen LogP contribution in [0.3, 0.4) is 0 Å². The molecule has 0 aliphatic heterocycles. The number of thiophene rings is 1. The Labute approximate surface area is 170 Å². The summed E-state index contributed by atoms with van der Waals surface area (Å²) in [7, 11) is 0. The summed E-state index contributed by atoms with van der Waals surface area (Å²) in [5.41, 5.74) is 1.65. The van der Waals surface area contributed by atoms with Crippen molar-refractivity contribution in [1.82, 2.24) is 10.3 Å². The van der Waals surface area contributed by atoms with E-state index in [0.717, 1.165) is 15.4 Å². The van der Waals surface area contributed by atoms with Crippen molar-refractivity contribution in [3.8, 4) is 10.6 Å². The van der Waals surface area contributed by atoms with Gasteiger partial charge in [-0.2, -0.15) is 0 Å². The molecule has 0 saturated heterocycles. The smallest absolute Gasteiger partial charge is 0.308 e. The second-order valence-electron chi connectivity index (χ2n) is 5.78. The van der Waals surface area contributed by atoms with Gasteiger partial charge in [0.2, 0.25) is 5.91 Å². The monoisotopic (exact) mass is 420 g/mol. The zero-order valence-corrected chi connectivity index (χ0v) is 16.9. The molecule has 0 saturated carbocycles. The number of benzene rings is 1. The number of thiazole rings is 1. The summed E-state index contributed by atoms with van der Waals surface area (Å²) in [5, 5.41) is 8.07. The third-order valence-electron chi connectivity index (χ3n) is 3.66. The Morgan fingerprint density at radius 1 is 1.22 bits per heavy atom. The maximum Gasteiger partial charge on any atom is 0.308 e. The van der Waals surface area contributed by atoms with E-state index >= 15 is 0 Å². The van der Waals surface area contributed by atoms with Crippen LogP contribution in [0.5, 0.6) is 0 Å². The lowest BCUT2D eigenvalue weighted by Crippen LogP contribution is -2.28. The Hall–Kier alpha value is -2.22. The van der Waals surface area contributed by atoms with E-state index in [2.05, 4.69) is 10.3 Å². The number of aromatic nitrogens is 1. The van der Waals surface area contributed by atoms with Crippen molar-refractivity contribution in [1.29, 1.82) is 0 Å². The first-order chi connectivity index (χ1) is 13.0. The van der Waals surface area contributed by atoms with E-state index in [1.807, 2.05) is 47.2 Å². The van der Waals surface area contributed by atoms with E-state index in [-0.39, 0.29) is 30.9 Å². The van der Waals surface area contributed by atoms with Gasteiger partial charge in [0.25, 0.3) is 0 Å². The quantitative estimate of drug-likeness (QED) is 0.555. The molecule has 27 heavy (non-hydrogen) atoms. The van der Waals surface area contributed by atoms with Crippen molar-refractivity contribution < 1.29 is 14.3 Å². The summed E-state index contributed by atoms with van der Waals surface area (Å²) in [6.45, 7) is 1.53. The number of esters is 1. The normalized spacial score (nSPS) is 11.8. The fourth-order valence-electron chi connectivity index (χ4n) is 2.44. The van der Waals surface area contributed by atoms with Crippen LogP contribution in [-0.2, 0) is 20.9 Å². The van der Waals surface area contributed by atoms with Crippen LogP contribution in [0.15, 0.2) is 47.2 Å². The molecule has 0 bridgehead atoms. The average Bonchev–Trinajstić information content (AvgIpc) is 3.32. The highest BCUT2D eigenvalue weighted by Crippen LogP contribution is 2.26. The number of rotatable bonds is 7. The van der Waals surface area contributed by atoms with Crippen molar-refractivity contribution in [2.45, 2.75) is 26.0 Å². The molecule has 0 radical (unpaired) electrons. The number of carbonyl (C=O) groups is 2. The summed E-state index contributed by atoms with van der Waals surface area (Å²) in [5.74, 6) is -0.573. The molecule has 3 rings (SSSR count). The van der Waals surface area contributed by atoms with Crippen LogP contribution < -0.4 is 5.32 Å². The highest BCUT2D eigenvalue weighted by atomic mass is 35.5. The van der Waals surface area contributed by atoms with Gasteiger partial charge < -0.3 is 10.1 Å². The lowest BCUT2D eigenvalue weighted by molar-refractivity contribution is -0.145. The fraction of sp³-hybridized carbons (Fsp3) is 0.211. The van der Waals surface area contributed by atoms with Crippen molar-refractivity contribution in [2.75, 3.05) is 0 Å². The standard InChI is InChI=1S/C19H17ClN2O3S2/c1-12(23)21-16(17-3-2-8-26-17)9-18(24)25-10-15-11-27-19(22-15)13-4-6-14(20)7-5-13/h2-8,11,16H,9-10H2,1H3,(H,21,23)/t16-/m0/s1. The molecule has 0 fully saturated rings. The molecular formula is C19H17ClN2O3S2. The number of amides is 1. The van der Waals surface area contributed by atoms with Crippen LogP contribution in [0, 0.1) is 0 Å². The molecule has 2 aromatic heterocycles. The SMILES string of the molecule is CC(=O)N[C@@H](CC(=O)OCc1csc(-c2ccc(Cl)cc2)n1)c1cccs1. The molecule has 5 nitrogen and oxygen atoms in total. The van der Waals surface area contributed by atoms with Gasteiger partial charge in [0.15, 0.2) is 0 Å². The number of ether oxygens (including phenoxy) is 1. The van der Waals surface area contributed by atoms with Crippen LogP contribution in [-0.4, -0.2) is 16.9 Å². The maximum atomic E-state index is 12.2. The van der Waals surface area contributed by atoms with Gasteiger partial charge in [0, 0.05) is 27.8 Å². The predicted molar refractivity (Wildman–Crippen MR) is 108 cm³/mol. The molecule has 8 heteroatoms. The zero-order chi connectivity index (χ0) is 19.2. The summed E-state index contributed by atoms with van der Waals surface area (Å²) >= 11 is 8.87. The molecule has 0 aliphatic carbocycles. The van der Waals surface area contributed by atoms with Crippen LogP contribution in [0.1, 0.15) is 30.0 Å². The van der Waals surface area contributed by atoms with E-state index in [4.69, 9.17) is 16.3 Å². The molecule has 1 amide bonds. The molecule has 0 spiro atoms. The molecule has 140 valence electrons. The molecule has 1 atom stereocenters. The number of carbonyl (C=O) groups excluding carboxylic acids is 2. The number of nitrogens with zero attached hydrogens (tertiary/aromatic N) is 1. The third-order valence-corrected chi connectivity index (χ3v) is 5.84. The van der Waals surface area contributed by atoms with Crippen molar-refractivity contribution >= 4 is 46.2 Å². The first-order valence-electron chi connectivity index (χ1n) is 8.17. The number of hydrogen-bond acceptors (Lipinski definition) is 6. The molecule has 1 aromatic carbocycles. The van der Waals surface area contributed by atoms with Crippen LogP contribution in [0.4, 0.5) is 0 Å². The van der Waals surface area contributed by atoms with E-state index in [0.29, 0.717) is 10.7 Å². The minimum absolute atomic E-state index is 0.0777. The number of nitrogens with one attached hydrogen (secondary N) is 1. The van der Waals surface area contributed by atoms with E-state index in [1.54, 1.807) is 0 Å². The van der Waals surface area contributed by atoms with E-state index in [9.17, 15) is 9.59 Å². The fourth-order valence-corrected chi connectivity index (χ4v) is 4.15. The van der Waals surface area contributed by atoms with Crippen LogP contribution in [0.2, 0.25) is 5.02 Å². The lowest BCUT2D eigenvalue weighted by atomic mass is 10.1. The zero-order valence-electron chi connectivity index (χ0n) is 14.5. The Balaban J connectivity index is 1.57. The molecule has 1 N–H and O–H groups in total. The number of halogens is 1. The Kier molecular flexibility index (Phi) is 6.60. The minimum atomic E-state index is -0.386. The van der Waals surface area contributed by atoms with Crippen LogP contribution >= 0.6 is 34.3 Å². The van der Waals surface area contributed by atoms with Crippen molar-refractivity contribution in [2.24, 2.45) is 0 Å². The van der Waals surface area contributed by atoms with Gasteiger partial charge in [0.05, 0.1) is 18.2 Å². The first-order valence-corrected chi connectivity index (χ1v) is 10.3. The number of hydrogen-bond donors (Lipinski definition) is 1. The Morgan fingerprint density at radius 3 is 2.67 bits per heavy atom. The van der Waals surface area contributed by atoms with Gasteiger partial charge >= 0.3 is 5.97 Å². The van der Waals surface area contributed by atoms with E-state index in [1.165, 1.54) is 29.6 Å². The second kappa shape index (κ2) is 9.12. The molecule has 0 unspecified atom stereocenters. The molecular weight excluding hydrogens is 404 g/mol. The maximum absolute atomic E-state index is 12.2. The topological polar surface area (TPSA) is 68.3 Å². The second-order valence-corrected chi connectivity index (χ2v) is 8.06. The first kappa shape index (κ1) is 19.5. The minimum Gasteiger partial charge on any atom is -0.459 e. The Bertz CT molecular complexity index is 907. The molecule has 0 aliphatic rings. The van der Waals surface area contributed by atoms with Gasteiger partial charge in [-0.3, -0.25) is 9.59 Å². The average molecular weight is 421 g/mol. The summed E-state index contributed by atoms with van der Waals surface area (Å²) in [6, 6.07) is 10.8. The lowest BCUT2D eigenvalue weighted by Gasteiger charge is -2.15. The van der Waals surface area contributed by atoms with E-state index < -0.39 is 0 Å². The molecule has 3 aromatic rings. The summed E-state index contributed by atoms with van der Waals surface area (Å²) in [4.78, 5) is 29.0. The largest absolute Gasteiger partial charge is 0.459 e. The summed E-state index contributed by atoms with van der Waals surface area (Å²) in [6.07, 6.45) is 0.0777. The molecule has 2 heterocycles.